The van der Waals surface area contributed by atoms with Crippen LogP contribution in [0.25, 0.3) is 0 Å². The molecule has 0 bridgehead atoms. The zero-order valence-electron chi connectivity index (χ0n) is 14.2. The molecule has 1 amide bonds. The molecule has 0 radical (unpaired) electrons. The SMILES string of the molecule is COc1cccc(NC(=O)CO/N=C\c2ccc(C(C)C)cc2)c1. The monoisotopic (exact) mass is 326 g/mol. The Bertz CT molecular complexity index is 694. The molecule has 0 fully saturated rings. The van der Waals surface area contributed by atoms with Gasteiger partial charge in [-0.3, -0.25) is 4.79 Å². The molecule has 0 aliphatic rings. The third kappa shape index (κ3) is 5.43. The summed E-state index contributed by atoms with van der Waals surface area (Å²) in [4.78, 5) is 16.8. The van der Waals surface area contributed by atoms with Crippen molar-refractivity contribution in [2.24, 2.45) is 5.16 Å². The summed E-state index contributed by atoms with van der Waals surface area (Å²) in [7, 11) is 1.58. The lowest BCUT2D eigenvalue weighted by molar-refractivity contribution is -0.120. The minimum Gasteiger partial charge on any atom is -0.497 e. The van der Waals surface area contributed by atoms with Gasteiger partial charge in [-0.1, -0.05) is 49.3 Å². The van der Waals surface area contributed by atoms with Crippen molar-refractivity contribution in [3.63, 3.8) is 0 Å². The lowest BCUT2D eigenvalue weighted by Gasteiger charge is -2.06. The Kier molecular flexibility index (Phi) is 6.37. The van der Waals surface area contributed by atoms with Crippen molar-refractivity contribution in [3.8, 4) is 5.75 Å². The Balaban J connectivity index is 1.79. The molecule has 2 aromatic rings. The fourth-order valence-electron chi connectivity index (χ4n) is 2.06. The Morgan fingerprint density at radius 2 is 1.96 bits per heavy atom. The van der Waals surface area contributed by atoms with Crippen molar-refractivity contribution in [1.29, 1.82) is 0 Å². The molecule has 0 aliphatic heterocycles. The van der Waals surface area contributed by atoms with E-state index < -0.39 is 0 Å². The molecule has 0 spiro atoms. The van der Waals surface area contributed by atoms with Gasteiger partial charge >= 0.3 is 0 Å². The smallest absolute Gasteiger partial charge is 0.265 e. The summed E-state index contributed by atoms with van der Waals surface area (Å²) in [5.74, 6) is 0.889. The standard InChI is InChI=1S/C19H22N2O3/c1-14(2)16-9-7-15(8-10-16)12-20-24-13-19(22)21-17-5-4-6-18(11-17)23-3/h4-12,14H,13H2,1-3H3,(H,21,22)/b20-12-. The van der Waals surface area contributed by atoms with Gasteiger partial charge in [0.25, 0.3) is 5.91 Å². The highest BCUT2D eigenvalue weighted by Crippen LogP contribution is 2.16. The van der Waals surface area contributed by atoms with E-state index in [1.165, 1.54) is 5.56 Å². The molecular weight excluding hydrogens is 304 g/mol. The second-order valence-electron chi connectivity index (χ2n) is 5.61. The second kappa shape index (κ2) is 8.72. The van der Waals surface area contributed by atoms with E-state index in [1.54, 1.807) is 37.6 Å². The number of methoxy groups -OCH3 is 1. The molecule has 126 valence electrons. The van der Waals surface area contributed by atoms with Gasteiger partial charge in [0.15, 0.2) is 6.61 Å². The van der Waals surface area contributed by atoms with E-state index in [0.29, 0.717) is 17.4 Å². The molecule has 1 N–H and O–H groups in total. The van der Waals surface area contributed by atoms with Crippen LogP contribution in [0.2, 0.25) is 0 Å². The van der Waals surface area contributed by atoms with Gasteiger partial charge in [0.1, 0.15) is 5.75 Å². The number of benzene rings is 2. The fourth-order valence-corrected chi connectivity index (χ4v) is 2.06. The van der Waals surface area contributed by atoms with Crippen molar-refractivity contribution in [3.05, 3.63) is 59.7 Å². The van der Waals surface area contributed by atoms with Crippen molar-refractivity contribution in [2.45, 2.75) is 19.8 Å². The van der Waals surface area contributed by atoms with Crippen LogP contribution in [0, 0.1) is 0 Å². The van der Waals surface area contributed by atoms with E-state index in [9.17, 15) is 4.79 Å². The van der Waals surface area contributed by atoms with Crippen LogP contribution >= 0.6 is 0 Å². The van der Waals surface area contributed by atoms with Gasteiger partial charge in [0.2, 0.25) is 0 Å². The maximum absolute atomic E-state index is 11.8. The number of carbonyl (C=O) groups is 1. The third-order valence-corrected chi connectivity index (χ3v) is 3.43. The number of ether oxygens (including phenoxy) is 1. The molecule has 0 atom stereocenters. The molecule has 0 saturated heterocycles. The average molecular weight is 326 g/mol. The third-order valence-electron chi connectivity index (χ3n) is 3.43. The minimum atomic E-state index is -0.282. The number of hydrogen-bond donors (Lipinski definition) is 1. The highest BCUT2D eigenvalue weighted by molar-refractivity contribution is 5.91. The molecule has 0 heterocycles. The number of nitrogens with zero attached hydrogens (tertiary/aromatic N) is 1. The molecule has 0 unspecified atom stereocenters. The van der Waals surface area contributed by atoms with Crippen LogP contribution in [-0.4, -0.2) is 25.8 Å². The molecule has 24 heavy (non-hydrogen) atoms. The Labute approximate surface area is 142 Å². The van der Waals surface area contributed by atoms with Crippen LogP contribution in [0.3, 0.4) is 0 Å². The van der Waals surface area contributed by atoms with E-state index in [2.05, 4.69) is 36.5 Å². The van der Waals surface area contributed by atoms with E-state index in [4.69, 9.17) is 9.57 Å². The number of anilines is 1. The van der Waals surface area contributed by atoms with Gasteiger partial charge in [-0.2, -0.15) is 0 Å². The van der Waals surface area contributed by atoms with E-state index in [0.717, 1.165) is 5.56 Å². The van der Waals surface area contributed by atoms with Crippen LogP contribution in [0.5, 0.6) is 5.75 Å². The molecule has 2 aromatic carbocycles. The maximum atomic E-state index is 11.8. The van der Waals surface area contributed by atoms with Crippen LogP contribution < -0.4 is 10.1 Å². The first kappa shape index (κ1) is 17.5. The molecule has 0 aliphatic carbocycles. The van der Waals surface area contributed by atoms with Crippen molar-refractivity contribution in [1.82, 2.24) is 0 Å². The predicted molar refractivity (Wildman–Crippen MR) is 95.7 cm³/mol. The normalized spacial score (nSPS) is 10.8. The Hall–Kier alpha value is -2.82. The fraction of sp³-hybridized carbons (Fsp3) is 0.263. The van der Waals surface area contributed by atoms with Crippen molar-refractivity contribution >= 4 is 17.8 Å². The van der Waals surface area contributed by atoms with Crippen molar-refractivity contribution < 1.29 is 14.4 Å². The van der Waals surface area contributed by atoms with Gasteiger partial charge in [0.05, 0.1) is 13.3 Å². The van der Waals surface area contributed by atoms with Gasteiger partial charge < -0.3 is 14.9 Å². The number of nitrogens with one attached hydrogen (secondary N) is 1. The summed E-state index contributed by atoms with van der Waals surface area (Å²) in [5.41, 5.74) is 2.84. The molecule has 2 rings (SSSR count). The first-order valence-electron chi connectivity index (χ1n) is 7.77. The Morgan fingerprint density at radius 1 is 1.21 bits per heavy atom. The molecular formula is C19H22N2O3. The highest BCUT2D eigenvalue weighted by Gasteiger charge is 2.03. The summed E-state index contributed by atoms with van der Waals surface area (Å²) in [6.07, 6.45) is 1.59. The van der Waals surface area contributed by atoms with Crippen molar-refractivity contribution in [2.75, 3.05) is 19.0 Å². The largest absolute Gasteiger partial charge is 0.497 e. The minimum absolute atomic E-state index is 0.155. The van der Waals surface area contributed by atoms with E-state index in [-0.39, 0.29) is 12.5 Å². The zero-order chi connectivity index (χ0) is 17.4. The van der Waals surface area contributed by atoms with Gasteiger partial charge in [0, 0.05) is 11.8 Å². The topological polar surface area (TPSA) is 59.9 Å². The van der Waals surface area contributed by atoms with Crippen LogP contribution in [0.4, 0.5) is 5.69 Å². The van der Waals surface area contributed by atoms with Crippen LogP contribution in [-0.2, 0) is 9.63 Å². The lowest BCUT2D eigenvalue weighted by Crippen LogP contribution is -2.16. The molecule has 0 aromatic heterocycles. The van der Waals surface area contributed by atoms with Gasteiger partial charge in [-0.25, -0.2) is 0 Å². The van der Waals surface area contributed by atoms with Crippen LogP contribution in [0.15, 0.2) is 53.7 Å². The summed E-state index contributed by atoms with van der Waals surface area (Å²) in [6, 6.07) is 15.2. The Morgan fingerprint density at radius 3 is 2.62 bits per heavy atom. The zero-order valence-corrected chi connectivity index (χ0v) is 14.2. The molecule has 0 saturated carbocycles. The van der Waals surface area contributed by atoms with E-state index >= 15 is 0 Å². The van der Waals surface area contributed by atoms with E-state index in [1.807, 2.05) is 12.1 Å². The summed E-state index contributed by atoms with van der Waals surface area (Å²) in [5, 5.41) is 6.54. The second-order valence-corrected chi connectivity index (χ2v) is 5.61. The molecule has 5 nitrogen and oxygen atoms in total. The number of amides is 1. The predicted octanol–water partition coefficient (Wildman–Crippen LogP) is 3.81. The summed E-state index contributed by atoms with van der Waals surface area (Å²) >= 11 is 0. The average Bonchev–Trinajstić information content (AvgIpc) is 2.59. The number of rotatable bonds is 7. The summed E-state index contributed by atoms with van der Waals surface area (Å²) < 4.78 is 5.10. The first-order chi connectivity index (χ1) is 11.6. The van der Waals surface area contributed by atoms with Crippen LogP contribution in [0.1, 0.15) is 30.9 Å². The number of hydrogen-bond acceptors (Lipinski definition) is 4. The van der Waals surface area contributed by atoms with Gasteiger partial charge in [-0.15, -0.1) is 0 Å². The maximum Gasteiger partial charge on any atom is 0.265 e. The summed E-state index contributed by atoms with van der Waals surface area (Å²) in [6.45, 7) is 4.14. The lowest BCUT2D eigenvalue weighted by atomic mass is 10.0. The first-order valence-corrected chi connectivity index (χ1v) is 7.77. The number of carbonyl (C=O) groups excluding carboxylic acids is 1. The highest BCUT2D eigenvalue weighted by atomic mass is 16.6. The molecule has 5 heteroatoms. The van der Waals surface area contributed by atoms with Gasteiger partial charge in [-0.05, 0) is 29.2 Å². The number of oxime groups is 1. The quantitative estimate of drug-likeness (QED) is 0.622.